The molecule has 0 heterocycles. The molecule has 0 radical (unpaired) electrons. The monoisotopic (exact) mass is 524 g/mol. The van der Waals surface area contributed by atoms with Gasteiger partial charge in [0.05, 0.1) is 0 Å². The van der Waals surface area contributed by atoms with Crippen molar-refractivity contribution < 1.29 is 0 Å². The van der Waals surface area contributed by atoms with Gasteiger partial charge in [0, 0.05) is 8.96 Å². The van der Waals surface area contributed by atoms with E-state index in [1.807, 2.05) is 0 Å². The van der Waals surface area contributed by atoms with Crippen LogP contribution in [0.4, 0.5) is 0 Å². The Hall–Kier alpha value is 2.62. The number of rotatable bonds is 2. The van der Waals surface area contributed by atoms with Gasteiger partial charge in [-0.1, -0.05) is 95.6 Å². The first-order valence-corrected chi connectivity index (χ1v) is 7.33. The van der Waals surface area contributed by atoms with Gasteiger partial charge in [0.25, 0.3) is 0 Å². The number of hydrogen-bond donors (Lipinski definition) is 0. The minimum Gasteiger partial charge on any atom is -0.0706 e. The fourth-order valence-corrected chi connectivity index (χ4v) is 2.88. The van der Waals surface area contributed by atoms with Gasteiger partial charge < -0.3 is 0 Å². The van der Waals surface area contributed by atoms with Gasteiger partial charge >= 0.3 is 0 Å². The number of hydrogen-bond acceptors (Lipinski definition) is 0. The molecule has 0 N–H and O–H groups in total. The van der Waals surface area contributed by atoms with E-state index < -0.39 is 0 Å². The van der Waals surface area contributed by atoms with Crippen LogP contribution >= 0.6 is 95.6 Å². The van der Waals surface area contributed by atoms with Crippen molar-refractivity contribution in [3.8, 4) is 0 Å². The first kappa shape index (κ1) is 12.6. The van der Waals surface area contributed by atoms with E-state index in [2.05, 4.69) is 95.6 Å². The Labute approximate surface area is 110 Å². The van der Waals surface area contributed by atoms with Gasteiger partial charge in [0.2, 0.25) is 0 Å². The minimum absolute atomic E-state index is 0.145. The lowest BCUT2D eigenvalue weighted by atomic mass is 10.6. The smallest absolute Gasteiger partial charge is 0.0706 e. The molecule has 0 aliphatic rings. The second-order valence-electron chi connectivity index (χ2n) is 1.30. The minimum atomic E-state index is 0.145. The van der Waals surface area contributed by atoms with E-state index in [1.165, 1.54) is 0 Å². The number of alkyl halides is 4. The molecule has 0 aromatic rings. The van der Waals surface area contributed by atoms with E-state index >= 15 is 0 Å². The predicted octanol–water partition coefficient (Wildman–Crippen LogP) is 5.22. The predicted molar refractivity (Wildman–Crippen MR) is 68.2 cm³/mol. The van der Waals surface area contributed by atoms with Crippen LogP contribution in [0.25, 0.3) is 0 Å². The summed E-state index contributed by atoms with van der Waals surface area (Å²) in [5, 5.41) is 0. The van der Waals surface area contributed by atoms with Gasteiger partial charge in [-0.05, 0) is 0 Å². The Balaban J connectivity index is 4.34. The molecule has 10 heavy (non-hydrogen) atoms. The molecule has 0 saturated heterocycles. The fraction of sp³-hybridized carbons (Fsp3) is 0.500. The van der Waals surface area contributed by atoms with Crippen LogP contribution in [0.5, 0.6) is 0 Å². The van der Waals surface area contributed by atoms with Gasteiger partial charge in [-0.2, -0.15) is 0 Å². The standard InChI is InChI=1S/C4H2Br6/c5-1(3(7)8)2(6)4(9)10/h3-4H. The highest BCUT2D eigenvalue weighted by atomic mass is 79.9. The van der Waals surface area contributed by atoms with E-state index in [-0.39, 0.29) is 7.47 Å². The van der Waals surface area contributed by atoms with E-state index in [4.69, 9.17) is 0 Å². The van der Waals surface area contributed by atoms with Crippen LogP contribution in [0, 0.1) is 0 Å². The summed E-state index contributed by atoms with van der Waals surface area (Å²) in [6.07, 6.45) is 0. The summed E-state index contributed by atoms with van der Waals surface area (Å²) in [6.45, 7) is 0. The normalized spacial score (nSPS) is 14.4. The molecule has 0 atom stereocenters. The Kier molecular flexibility index (Phi) is 7.74. The average Bonchev–Trinajstić information content (AvgIpc) is 1.84. The summed E-state index contributed by atoms with van der Waals surface area (Å²) < 4.78 is 2.33. The molecule has 0 bridgehead atoms. The van der Waals surface area contributed by atoms with Gasteiger partial charge in [-0.25, -0.2) is 0 Å². The zero-order valence-electron chi connectivity index (χ0n) is 4.42. The van der Waals surface area contributed by atoms with E-state index in [0.717, 1.165) is 8.96 Å². The largest absolute Gasteiger partial charge is 0.102 e. The first-order valence-electron chi connectivity index (χ1n) is 2.08. The van der Waals surface area contributed by atoms with Crippen molar-refractivity contribution in [2.75, 3.05) is 0 Å². The molecule has 0 saturated carbocycles. The van der Waals surface area contributed by atoms with Crippen molar-refractivity contribution in [2.24, 2.45) is 0 Å². The third-order valence-electron chi connectivity index (χ3n) is 0.611. The molecule has 0 fully saturated rings. The van der Waals surface area contributed by atoms with Crippen LogP contribution in [-0.2, 0) is 0 Å². The van der Waals surface area contributed by atoms with Crippen LogP contribution in [0.3, 0.4) is 0 Å². The molecule has 6 heteroatoms. The summed E-state index contributed by atoms with van der Waals surface area (Å²) >= 11 is 20.2. The van der Waals surface area contributed by atoms with Crippen molar-refractivity contribution in [3.63, 3.8) is 0 Å². The van der Waals surface area contributed by atoms with Gasteiger partial charge in [-0.3, -0.25) is 0 Å². The SMILES string of the molecule is BrC(=C(Br)C(Br)Br)C(Br)Br. The highest BCUT2D eigenvalue weighted by molar-refractivity contribution is 9.26. The Bertz CT molecular complexity index is 121. The van der Waals surface area contributed by atoms with Crippen molar-refractivity contribution >= 4 is 95.6 Å². The summed E-state index contributed by atoms with van der Waals surface area (Å²) in [5.74, 6) is 0. The van der Waals surface area contributed by atoms with Crippen molar-refractivity contribution in [1.82, 2.24) is 0 Å². The van der Waals surface area contributed by atoms with Crippen LogP contribution in [0.2, 0.25) is 0 Å². The van der Waals surface area contributed by atoms with Crippen LogP contribution < -0.4 is 0 Å². The lowest BCUT2D eigenvalue weighted by molar-refractivity contribution is 1.56. The maximum absolute atomic E-state index is 3.39. The molecule has 0 rings (SSSR count). The lowest BCUT2D eigenvalue weighted by Gasteiger charge is -2.05. The third-order valence-corrected chi connectivity index (χ3v) is 7.20. The molecular weight excluding hydrogens is 527 g/mol. The topological polar surface area (TPSA) is 0 Å². The molecule has 0 aliphatic carbocycles. The molecule has 0 spiro atoms. The third kappa shape index (κ3) is 4.60. The number of allylic oxidation sites excluding steroid dienone is 2. The lowest BCUT2D eigenvalue weighted by Crippen LogP contribution is -1.92. The van der Waals surface area contributed by atoms with E-state index in [1.54, 1.807) is 0 Å². The van der Waals surface area contributed by atoms with Gasteiger partial charge in [-0.15, -0.1) is 0 Å². The molecule has 0 aromatic heterocycles. The molecule has 0 aromatic carbocycles. The number of halogens is 6. The first-order chi connectivity index (χ1) is 4.46. The molecule has 0 unspecified atom stereocenters. The molecular formula is C4H2Br6. The highest BCUT2D eigenvalue weighted by Crippen LogP contribution is 2.35. The quantitative estimate of drug-likeness (QED) is 0.431. The maximum Gasteiger partial charge on any atom is 0.102 e. The van der Waals surface area contributed by atoms with Crippen molar-refractivity contribution in [2.45, 2.75) is 7.47 Å². The molecule has 0 amide bonds. The van der Waals surface area contributed by atoms with E-state index in [9.17, 15) is 0 Å². The zero-order chi connectivity index (χ0) is 8.31. The Morgan fingerprint density at radius 3 is 1.00 bits per heavy atom. The van der Waals surface area contributed by atoms with Gasteiger partial charge in [0.1, 0.15) is 7.47 Å². The molecule has 0 aliphatic heterocycles. The molecule has 0 nitrogen and oxygen atoms in total. The summed E-state index contributed by atoms with van der Waals surface area (Å²) in [6, 6.07) is 0. The second-order valence-corrected chi connectivity index (χ2v) is 9.13. The van der Waals surface area contributed by atoms with Gasteiger partial charge in [0.15, 0.2) is 0 Å². The van der Waals surface area contributed by atoms with Crippen molar-refractivity contribution in [3.05, 3.63) is 8.96 Å². The highest BCUT2D eigenvalue weighted by Gasteiger charge is 2.12. The summed E-state index contributed by atoms with van der Waals surface area (Å²) in [5.41, 5.74) is 0. The zero-order valence-corrected chi connectivity index (χ0v) is 13.9. The molecule has 60 valence electrons. The van der Waals surface area contributed by atoms with Crippen LogP contribution in [-0.4, -0.2) is 7.47 Å². The Morgan fingerprint density at radius 2 is 0.900 bits per heavy atom. The van der Waals surface area contributed by atoms with Crippen LogP contribution in [0.1, 0.15) is 0 Å². The second kappa shape index (κ2) is 6.13. The maximum atomic E-state index is 3.39. The summed E-state index contributed by atoms with van der Waals surface area (Å²) in [4.78, 5) is 0. The average molecular weight is 529 g/mol. The van der Waals surface area contributed by atoms with Crippen LogP contribution in [0.15, 0.2) is 8.96 Å². The van der Waals surface area contributed by atoms with Crippen molar-refractivity contribution in [1.29, 1.82) is 0 Å². The Morgan fingerprint density at radius 1 is 0.700 bits per heavy atom. The fourth-order valence-electron chi connectivity index (χ4n) is 0.208. The van der Waals surface area contributed by atoms with E-state index in [0.29, 0.717) is 0 Å². The summed E-state index contributed by atoms with van der Waals surface area (Å²) in [7, 11) is 0.